The molecule has 0 radical (unpaired) electrons. The molecule has 1 aromatic carbocycles. The Labute approximate surface area is 311 Å². The maximum Gasteiger partial charge on any atom is 0.350 e. The van der Waals surface area contributed by atoms with E-state index in [2.05, 4.69) is 31.4 Å². The highest BCUT2D eigenvalue weighted by molar-refractivity contribution is 9.11. The summed E-state index contributed by atoms with van der Waals surface area (Å²) in [6.07, 6.45) is 0. The number of aromatic nitrogens is 1. The van der Waals surface area contributed by atoms with E-state index in [9.17, 15) is 58.8 Å². The highest BCUT2D eigenvalue weighted by atomic mass is 79.9. The second-order valence-electron chi connectivity index (χ2n) is 11.5. The number of thioether (sulfide) groups is 1. The zero-order valence-electron chi connectivity index (χ0n) is 26.3. The smallest absolute Gasteiger partial charge is 0.350 e. The van der Waals surface area contributed by atoms with Crippen LogP contribution in [0.5, 0.6) is 11.5 Å². The Morgan fingerprint density at radius 2 is 1.79 bits per heavy atom. The fourth-order valence-electron chi connectivity index (χ4n) is 4.98. The number of amides is 5. The average Bonchev–Trinajstić information content (AvgIpc) is 3.61. The second-order valence-corrected chi connectivity index (χ2v) is 15.6. The van der Waals surface area contributed by atoms with Crippen molar-refractivity contribution in [2.45, 2.75) is 35.7 Å². The standard InChI is InChI=1S/C27H24BrClN8O13S2/c1-26(2,23(46)47)50-34-12(11-16(28)51-25(30)32-11)17(41)31-13-19(43)35-7-27(24(48)49,52-22(13)35)36-5-6-37(21(45)20(36)44)33-18(42)14(39)8-3-4-9(38)15(40)10(8)29/h3-4,13,22,38,40H,5-7H2,1-2H3,(H2,30,32)(H,31,41)(H,33,42)(H,46,47)(H,48,49)/b34-12-/t13-,22-,27-/m1/s1. The molecule has 5 rings (SSSR count). The lowest BCUT2D eigenvalue weighted by Gasteiger charge is -2.41. The first-order chi connectivity index (χ1) is 24.2. The number of nitrogen functional groups attached to an aromatic ring is 1. The van der Waals surface area contributed by atoms with Gasteiger partial charge in [0.05, 0.1) is 23.7 Å². The molecule has 1 aromatic heterocycles. The molecular weight excluding hydrogens is 824 g/mol. The molecule has 0 aliphatic carbocycles. The average molecular weight is 848 g/mol. The van der Waals surface area contributed by atoms with Crippen LogP contribution in [0, 0.1) is 0 Å². The molecule has 4 heterocycles. The lowest BCUT2D eigenvalue weighted by Crippen LogP contribution is -2.69. The number of oxime groups is 1. The fraction of sp³-hybridized carbons (Fsp3) is 0.333. The van der Waals surface area contributed by atoms with Gasteiger partial charge >= 0.3 is 29.7 Å². The van der Waals surface area contributed by atoms with Crippen molar-refractivity contribution in [3.63, 3.8) is 0 Å². The van der Waals surface area contributed by atoms with Gasteiger partial charge in [0.2, 0.25) is 16.4 Å². The second kappa shape index (κ2) is 13.7. The van der Waals surface area contributed by atoms with Crippen LogP contribution < -0.4 is 16.5 Å². The number of fused-ring (bicyclic) bond motifs is 1. The van der Waals surface area contributed by atoms with Crippen molar-refractivity contribution in [3.05, 3.63) is 32.2 Å². The Balaban J connectivity index is 1.31. The first kappa shape index (κ1) is 38.0. The number of aromatic hydroxyl groups is 2. The third kappa shape index (κ3) is 6.52. The molecule has 5 amide bonds. The highest BCUT2D eigenvalue weighted by Crippen LogP contribution is 2.49. The van der Waals surface area contributed by atoms with Crippen molar-refractivity contribution in [2.24, 2.45) is 5.16 Å². The third-order valence-electron chi connectivity index (χ3n) is 7.82. The summed E-state index contributed by atoms with van der Waals surface area (Å²) >= 11 is 10.5. The van der Waals surface area contributed by atoms with Crippen LogP contribution in [0.4, 0.5) is 5.13 Å². The van der Waals surface area contributed by atoms with Crippen molar-refractivity contribution in [1.82, 2.24) is 30.5 Å². The van der Waals surface area contributed by atoms with E-state index < -0.39 is 117 Å². The summed E-state index contributed by atoms with van der Waals surface area (Å²) in [6.45, 7) is 0.696. The van der Waals surface area contributed by atoms with Crippen LogP contribution in [0.25, 0.3) is 0 Å². The van der Waals surface area contributed by atoms with Gasteiger partial charge in [0.15, 0.2) is 22.3 Å². The molecule has 0 saturated carbocycles. The van der Waals surface area contributed by atoms with Gasteiger partial charge in [-0.2, -0.15) is 0 Å². The largest absolute Gasteiger partial charge is 0.504 e. The van der Waals surface area contributed by atoms with Crippen LogP contribution in [-0.2, 0) is 38.4 Å². The molecule has 3 atom stereocenters. The number of nitrogens with one attached hydrogen (secondary N) is 2. The number of benzene rings is 1. The van der Waals surface area contributed by atoms with Gasteiger partial charge in [0.1, 0.15) is 20.9 Å². The van der Waals surface area contributed by atoms with Crippen LogP contribution >= 0.6 is 50.6 Å². The zero-order chi connectivity index (χ0) is 38.6. The molecule has 3 fully saturated rings. The van der Waals surface area contributed by atoms with E-state index in [-0.39, 0.29) is 14.6 Å². The number of anilines is 1. The van der Waals surface area contributed by atoms with E-state index in [0.29, 0.717) is 21.7 Å². The van der Waals surface area contributed by atoms with Crippen LogP contribution in [-0.4, -0.2) is 135 Å². The molecule has 25 heteroatoms. The van der Waals surface area contributed by atoms with Gasteiger partial charge in [-0.3, -0.25) is 34.2 Å². The minimum Gasteiger partial charge on any atom is -0.504 e. The first-order valence-electron chi connectivity index (χ1n) is 14.3. The molecule has 52 heavy (non-hydrogen) atoms. The molecule has 276 valence electrons. The zero-order valence-corrected chi connectivity index (χ0v) is 30.3. The number of phenols is 2. The lowest BCUT2D eigenvalue weighted by atomic mass is 10.0. The molecule has 8 N–H and O–H groups in total. The highest BCUT2D eigenvalue weighted by Gasteiger charge is 2.66. The molecule has 21 nitrogen and oxygen atoms in total. The lowest BCUT2D eigenvalue weighted by molar-refractivity contribution is -0.167. The van der Waals surface area contributed by atoms with Crippen LogP contribution in [0.1, 0.15) is 29.9 Å². The summed E-state index contributed by atoms with van der Waals surface area (Å²) in [5.74, 6) is -12.1. The van der Waals surface area contributed by atoms with E-state index >= 15 is 0 Å². The number of aliphatic carboxylic acids is 2. The number of nitrogens with two attached hydrogens (primary N) is 1. The third-order valence-corrected chi connectivity index (χ3v) is 11.4. The van der Waals surface area contributed by atoms with Crippen molar-refractivity contribution >= 4 is 109 Å². The molecule has 3 saturated heterocycles. The van der Waals surface area contributed by atoms with E-state index in [1.807, 2.05) is 5.43 Å². The fourth-order valence-corrected chi connectivity index (χ4v) is 8.20. The number of carbonyl (C=O) groups excluding carboxylic acids is 6. The van der Waals surface area contributed by atoms with Crippen LogP contribution in [0.15, 0.2) is 21.1 Å². The summed E-state index contributed by atoms with van der Waals surface area (Å²) in [5.41, 5.74) is 4.52. The Morgan fingerprint density at radius 3 is 2.38 bits per heavy atom. The van der Waals surface area contributed by atoms with Gasteiger partial charge in [-0.25, -0.2) is 19.6 Å². The maximum atomic E-state index is 13.5. The Morgan fingerprint density at radius 1 is 1.12 bits per heavy atom. The number of carboxylic acids is 2. The van der Waals surface area contributed by atoms with Gasteiger partial charge in [0, 0.05) is 6.54 Å². The number of rotatable bonds is 11. The van der Waals surface area contributed by atoms with E-state index in [1.54, 1.807) is 0 Å². The normalized spacial score (nSPS) is 21.7. The minimum atomic E-state index is -2.24. The number of β-lactam (4-membered cyclic amide) rings is 1. The van der Waals surface area contributed by atoms with Gasteiger partial charge in [-0.15, -0.1) is 0 Å². The number of piperazine rings is 1. The Kier molecular flexibility index (Phi) is 10.0. The van der Waals surface area contributed by atoms with E-state index in [0.717, 1.165) is 42.2 Å². The predicted octanol–water partition coefficient (Wildman–Crippen LogP) is -1.10. The molecule has 0 bridgehead atoms. The summed E-state index contributed by atoms with van der Waals surface area (Å²) in [6, 6.07) is 0.438. The topological polar surface area (TPSA) is 312 Å². The summed E-state index contributed by atoms with van der Waals surface area (Å²) in [5, 5.41) is 43.8. The van der Waals surface area contributed by atoms with Crippen molar-refractivity contribution in [3.8, 4) is 11.5 Å². The van der Waals surface area contributed by atoms with Crippen LogP contribution in [0.2, 0.25) is 5.02 Å². The number of hydrogen-bond donors (Lipinski definition) is 7. The summed E-state index contributed by atoms with van der Waals surface area (Å²) in [7, 11) is 0. The molecule has 0 unspecified atom stereocenters. The number of Topliss-reactive ketones (excluding diaryl/α,β-unsaturated/α-hetero) is 1. The molecule has 3 aliphatic rings. The quantitative estimate of drug-likeness (QED) is 0.0353. The molecule has 0 spiro atoms. The maximum absolute atomic E-state index is 13.5. The molecular formula is C27H24BrClN8O13S2. The summed E-state index contributed by atoms with van der Waals surface area (Å²) in [4.78, 5) is 111. The molecule has 3 aliphatic heterocycles. The number of thiazole rings is 1. The number of hydrogen-bond acceptors (Lipinski definition) is 16. The number of halogens is 2. The van der Waals surface area contributed by atoms with Gasteiger partial charge < -0.3 is 46.1 Å². The van der Waals surface area contributed by atoms with Crippen molar-refractivity contribution < 1.29 is 63.6 Å². The number of carbonyl (C=O) groups is 8. The van der Waals surface area contributed by atoms with E-state index in [1.165, 1.54) is 0 Å². The minimum absolute atomic E-state index is 0.00383. The molecule has 2 aromatic rings. The predicted molar refractivity (Wildman–Crippen MR) is 180 cm³/mol. The Hall–Kier alpha value is -5.20. The van der Waals surface area contributed by atoms with Gasteiger partial charge in [-0.05, 0) is 41.9 Å². The summed E-state index contributed by atoms with van der Waals surface area (Å²) < 4.78 is 0.212. The van der Waals surface area contributed by atoms with Crippen molar-refractivity contribution in [1.29, 1.82) is 0 Å². The number of phenolic OH excluding ortho intramolecular Hbond substituents is 2. The Bertz CT molecular complexity index is 2010. The van der Waals surface area contributed by atoms with Gasteiger partial charge in [-0.1, -0.05) is 39.9 Å². The number of nitrogens with zero attached hydrogens (tertiary/aromatic N) is 5. The number of carboxylic acid groups (broad SMARTS) is 2. The SMILES string of the molecule is CC(C)(O/N=C(\C(=O)N[C@@H]1C(=O)N2C[C@@](C(=O)O)(N3CCN(NC(=O)C(=O)c4ccc(O)c(O)c4Cl)C(=O)C3=O)S[C@H]12)c1nc(N)sc1Br)C(=O)O. The van der Waals surface area contributed by atoms with Crippen molar-refractivity contribution in [2.75, 3.05) is 25.4 Å². The van der Waals surface area contributed by atoms with Gasteiger partial charge in [0.25, 0.3) is 11.7 Å². The number of hydrazine groups is 1. The van der Waals surface area contributed by atoms with E-state index in [4.69, 9.17) is 22.2 Å². The number of ketones is 1. The first-order valence-corrected chi connectivity index (χ1v) is 17.2. The monoisotopic (exact) mass is 846 g/mol. The van der Waals surface area contributed by atoms with Crippen LogP contribution in [0.3, 0.4) is 0 Å².